The Morgan fingerprint density at radius 3 is 3.18 bits per heavy atom. The van der Waals surface area contributed by atoms with E-state index in [4.69, 9.17) is 10.4 Å². The Balaban J connectivity index is 2.51. The third-order valence-corrected chi connectivity index (χ3v) is 1.54. The van der Waals surface area contributed by atoms with Gasteiger partial charge in [-0.05, 0) is 6.26 Å². The van der Waals surface area contributed by atoms with Gasteiger partial charge in [0, 0.05) is 0 Å². The van der Waals surface area contributed by atoms with Crippen LogP contribution in [0.2, 0.25) is 0 Å². The van der Waals surface area contributed by atoms with E-state index in [9.17, 15) is 0 Å². The molecule has 6 heteroatoms. The van der Waals surface area contributed by atoms with Crippen molar-refractivity contribution in [2.24, 2.45) is 5.90 Å². The average Bonchev–Trinajstić information content (AvgIpc) is 2.38. The van der Waals surface area contributed by atoms with Crippen LogP contribution in [0.5, 0.6) is 0 Å². The van der Waals surface area contributed by atoms with Crippen molar-refractivity contribution in [3.8, 4) is 0 Å². The number of nitrogens with two attached hydrogens (primary N) is 1. The highest BCUT2D eigenvalue weighted by molar-refractivity contribution is 7.97. The fourth-order valence-corrected chi connectivity index (χ4v) is 0.983. The summed E-state index contributed by atoms with van der Waals surface area (Å²) >= 11 is 1.63. The van der Waals surface area contributed by atoms with Crippen LogP contribution in [-0.2, 0) is 17.2 Å². The maximum absolute atomic E-state index is 4.81. The Bertz CT molecular complexity index is 195. The first-order valence-electron chi connectivity index (χ1n) is 2.99. The van der Waals surface area contributed by atoms with E-state index in [-0.39, 0.29) is 6.61 Å². The van der Waals surface area contributed by atoms with Crippen molar-refractivity contribution in [3.63, 3.8) is 0 Å². The Morgan fingerprint density at radius 1 is 1.73 bits per heavy atom. The number of rotatable bonds is 4. The van der Waals surface area contributed by atoms with Gasteiger partial charge in [-0.15, -0.1) is 0 Å². The summed E-state index contributed by atoms with van der Waals surface area (Å²) < 4.78 is 4.78. The number of aromatic nitrogens is 2. The topological polar surface area (TPSA) is 74.2 Å². The zero-order valence-electron chi connectivity index (χ0n) is 6.11. The number of hydrogen-bond acceptors (Lipinski definition) is 6. The average molecular weight is 175 g/mol. The molecule has 1 aromatic rings. The molecule has 1 heterocycles. The highest BCUT2D eigenvalue weighted by Gasteiger charge is 2.03. The summed E-state index contributed by atoms with van der Waals surface area (Å²) in [7, 11) is 0. The lowest BCUT2D eigenvalue weighted by molar-refractivity contribution is 0.0995. The lowest BCUT2D eigenvalue weighted by atomic mass is 10.7. The monoisotopic (exact) mass is 175 g/mol. The minimum absolute atomic E-state index is 0.168. The molecule has 0 aliphatic carbocycles. The van der Waals surface area contributed by atoms with Gasteiger partial charge in [0.2, 0.25) is 0 Å². The van der Waals surface area contributed by atoms with Gasteiger partial charge in [0.05, 0.1) is 5.75 Å². The maximum atomic E-state index is 4.81. The van der Waals surface area contributed by atoms with Crippen LogP contribution in [0.15, 0.2) is 4.52 Å². The van der Waals surface area contributed by atoms with Crippen molar-refractivity contribution >= 4 is 11.8 Å². The van der Waals surface area contributed by atoms with Crippen LogP contribution in [0, 0.1) is 0 Å². The molecule has 0 bridgehead atoms. The molecule has 0 saturated heterocycles. The molecular formula is C5H9N3O2S. The molecule has 0 radical (unpaired) electrons. The standard InChI is InChI=1S/C5H9N3O2S/c1-11-3-4-7-5(2-9-6)10-8-4/h2-3,6H2,1H3. The van der Waals surface area contributed by atoms with Crippen molar-refractivity contribution < 1.29 is 9.36 Å². The third kappa shape index (κ3) is 2.49. The molecule has 1 rings (SSSR count). The molecule has 0 saturated carbocycles. The summed E-state index contributed by atoms with van der Waals surface area (Å²) in [6.07, 6.45) is 1.97. The van der Waals surface area contributed by atoms with Crippen molar-refractivity contribution in [2.45, 2.75) is 12.4 Å². The highest BCUT2D eigenvalue weighted by atomic mass is 32.2. The highest BCUT2D eigenvalue weighted by Crippen LogP contribution is 2.05. The van der Waals surface area contributed by atoms with Gasteiger partial charge in [0.25, 0.3) is 5.89 Å². The van der Waals surface area contributed by atoms with E-state index < -0.39 is 0 Å². The van der Waals surface area contributed by atoms with E-state index in [0.29, 0.717) is 11.7 Å². The van der Waals surface area contributed by atoms with Crippen molar-refractivity contribution in [3.05, 3.63) is 11.7 Å². The van der Waals surface area contributed by atoms with Crippen LogP contribution in [0.3, 0.4) is 0 Å². The first-order valence-corrected chi connectivity index (χ1v) is 4.38. The zero-order chi connectivity index (χ0) is 8.10. The second kappa shape index (κ2) is 4.32. The molecule has 0 aromatic carbocycles. The second-order valence-electron chi connectivity index (χ2n) is 1.85. The van der Waals surface area contributed by atoms with Gasteiger partial charge in [-0.25, -0.2) is 5.90 Å². The minimum Gasteiger partial charge on any atom is -0.337 e. The van der Waals surface area contributed by atoms with Gasteiger partial charge in [-0.1, -0.05) is 5.16 Å². The molecule has 2 N–H and O–H groups in total. The van der Waals surface area contributed by atoms with E-state index in [2.05, 4.69) is 15.0 Å². The lowest BCUT2D eigenvalue weighted by Crippen LogP contribution is -1.98. The van der Waals surface area contributed by atoms with E-state index in [1.165, 1.54) is 0 Å². The van der Waals surface area contributed by atoms with Crippen LogP contribution in [0.25, 0.3) is 0 Å². The Morgan fingerprint density at radius 2 is 2.55 bits per heavy atom. The van der Waals surface area contributed by atoms with E-state index in [1.54, 1.807) is 11.8 Å². The molecular weight excluding hydrogens is 166 g/mol. The zero-order valence-corrected chi connectivity index (χ0v) is 6.93. The molecule has 62 valence electrons. The van der Waals surface area contributed by atoms with Crippen LogP contribution in [-0.4, -0.2) is 16.4 Å². The van der Waals surface area contributed by atoms with Crippen LogP contribution < -0.4 is 5.90 Å². The molecule has 0 atom stereocenters. The van der Waals surface area contributed by atoms with Gasteiger partial charge in [0.15, 0.2) is 5.82 Å². The molecule has 0 unspecified atom stereocenters. The quantitative estimate of drug-likeness (QED) is 0.664. The van der Waals surface area contributed by atoms with Gasteiger partial charge in [-0.3, -0.25) is 4.84 Å². The molecule has 11 heavy (non-hydrogen) atoms. The first-order chi connectivity index (χ1) is 5.36. The SMILES string of the molecule is CSCc1noc(CON)n1. The first kappa shape index (κ1) is 8.51. The van der Waals surface area contributed by atoms with Crippen molar-refractivity contribution in [1.82, 2.24) is 10.1 Å². The van der Waals surface area contributed by atoms with Gasteiger partial charge < -0.3 is 4.52 Å². The molecule has 1 aromatic heterocycles. The van der Waals surface area contributed by atoms with Crippen LogP contribution in [0.4, 0.5) is 0 Å². The van der Waals surface area contributed by atoms with Crippen molar-refractivity contribution in [1.29, 1.82) is 0 Å². The number of nitrogens with zero attached hydrogens (tertiary/aromatic N) is 2. The van der Waals surface area contributed by atoms with Gasteiger partial charge >= 0.3 is 0 Å². The van der Waals surface area contributed by atoms with E-state index >= 15 is 0 Å². The van der Waals surface area contributed by atoms with Gasteiger partial charge in [-0.2, -0.15) is 16.7 Å². The molecule has 0 aliphatic rings. The molecule has 0 fully saturated rings. The summed E-state index contributed by atoms with van der Waals surface area (Å²) in [5, 5.41) is 3.68. The molecule has 0 spiro atoms. The molecule has 0 aliphatic heterocycles. The van der Waals surface area contributed by atoms with Gasteiger partial charge in [0.1, 0.15) is 6.61 Å². The second-order valence-corrected chi connectivity index (χ2v) is 2.71. The van der Waals surface area contributed by atoms with E-state index in [1.807, 2.05) is 6.26 Å². The molecule has 5 nitrogen and oxygen atoms in total. The Labute approximate surface area is 68.2 Å². The summed E-state index contributed by atoms with van der Waals surface area (Å²) in [4.78, 5) is 8.30. The van der Waals surface area contributed by atoms with Crippen LogP contribution in [0.1, 0.15) is 11.7 Å². The largest absolute Gasteiger partial charge is 0.337 e. The summed E-state index contributed by atoms with van der Waals surface area (Å²) in [5.41, 5.74) is 0. The fraction of sp³-hybridized carbons (Fsp3) is 0.600. The Kier molecular flexibility index (Phi) is 3.34. The maximum Gasteiger partial charge on any atom is 0.254 e. The Hall–Kier alpha value is -0.590. The number of thioether (sulfide) groups is 1. The molecule has 0 amide bonds. The fourth-order valence-electron chi connectivity index (χ4n) is 0.608. The van der Waals surface area contributed by atoms with Crippen LogP contribution >= 0.6 is 11.8 Å². The summed E-state index contributed by atoms with van der Waals surface area (Å²) in [6.45, 7) is 0.168. The minimum atomic E-state index is 0.168. The van der Waals surface area contributed by atoms with E-state index in [0.717, 1.165) is 5.75 Å². The third-order valence-electron chi connectivity index (χ3n) is 0.990. The summed E-state index contributed by atoms with van der Waals surface area (Å²) in [6, 6.07) is 0. The number of hydrogen-bond donors (Lipinski definition) is 1. The lowest BCUT2D eigenvalue weighted by Gasteiger charge is -1.86. The smallest absolute Gasteiger partial charge is 0.254 e. The van der Waals surface area contributed by atoms with Crippen molar-refractivity contribution in [2.75, 3.05) is 6.26 Å². The predicted molar refractivity (Wildman–Crippen MR) is 40.5 cm³/mol. The predicted octanol–water partition coefficient (Wildman–Crippen LogP) is 0.323. The summed E-state index contributed by atoms with van der Waals surface area (Å²) in [5.74, 6) is 6.64. The normalized spacial score (nSPS) is 10.4.